The first-order chi connectivity index (χ1) is 11.6. The van der Waals surface area contributed by atoms with Gasteiger partial charge in [-0.15, -0.1) is 0 Å². The summed E-state index contributed by atoms with van der Waals surface area (Å²) in [5.74, 6) is -0.321. The van der Waals surface area contributed by atoms with Gasteiger partial charge in [0.25, 0.3) is 0 Å². The van der Waals surface area contributed by atoms with E-state index in [1.807, 2.05) is 12.1 Å². The monoisotopic (exact) mass is 327 g/mol. The third kappa shape index (κ3) is 3.22. The number of nitrogens with zero attached hydrogens (tertiary/aromatic N) is 3. The van der Waals surface area contributed by atoms with Crippen LogP contribution in [-0.4, -0.2) is 48.8 Å². The van der Waals surface area contributed by atoms with Crippen molar-refractivity contribution in [3.8, 4) is 0 Å². The molecule has 1 aliphatic rings. The molecule has 5 heteroatoms. The van der Waals surface area contributed by atoms with Crippen molar-refractivity contribution in [3.05, 3.63) is 36.0 Å². The third-order valence-electron chi connectivity index (χ3n) is 4.77. The number of hydrogen-bond acceptors (Lipinski definition) is 5. The number of hydrogen-bond donors (Lipinski definition) is 0. The summed E-state index contributed by atoms with van der Waals surface area (Å²) in [6.45, 7) is 6.61. The summed E-state index contributed by atoms with van der Waals surface area (Å²) in [6, 6.07) is 8.09. The Hall–Kier alpha value is -2.14. The Bertz CT molecular complexity index is 732. The van der Waals surface area contributed by atoms with Gasteiger partial charge < -0.3 is 9.64 Å². The quantitative estimate of drug-likeness (QED) is 0.789. The SMILES string of the molecule is CCOC(=O)c1cnc2ccc(N(C)C3CCCN3CC)cc2c1. The minimum Gasteiger partial charge on any atom is -0.462 e. The van der Waals surface area contributed by atoms with Crippen molar-refractivity contribution in [1.82, 2.24) is 9.88 Å². The zero-order valence-corrected chi connectivity index (χ0v) is 14.7. The molecule has 1 aliphatic heterocycles. The fourth-order valence-electron chi connectivity index (χ4n) is 3.45. The summed E-state index contributed by atoms with van der Waals surface area (Å²) >= 11 is 0. The first kappa shape index (κ1) is 16.7. The molecule has 1 fully saturated rings. The molecule has 0 saturated carbocycles. The minimum atomic E-state index is -0.321. The predicted molar refractivity (Wildman–Crippen MR) is 96.4 cm³/mol. The van der Waals surface area contributed by atoms with E-state index < -0.39 is 0 Å². The molecule has 0 radical (unpaired) electrons. The van der Waals surface area contributed by atoms with Crippen LogP contribution in [0, 0.1) is 0 Å². The van der Waals surface area contributed by atoms with E-state index in [2.05, 4.69) is 40.9 Å². The van der Waals surface area contributed by atoms with Crippen molar-refractivity contribution in [2.24, 2.45) is 0 Å². The topological polar surface area (TPSA) is 45.7 Å². The van der Waals surface area contributed by atoms with Gasteiger partial charge in [0.15, 0.2) is 0 Å². The number of rotatable bonds is 5. The lowest BCUT2D eigenvalue weighted by Crippen LogP contribution is -2.42. The van der Waals surface area contributed by atoms with E-state index in [1.54, 1.807) is 13.1 Å². The molecule has 0 aliphatic carbocycles. The molecule has 2 aromatic rings. The van der Waals surface area contributed by atoms with Crippen LogP contribution in [0.3, 0.4) is 0 Å². The number of pyridine rings is 1. The molecule has 24 heavy (non-hydrogen) atoms. The Kier molecular flexibility index (Phi) is 5.00. The predicted octanol–water partition coefficient (Wildman–Crippen LogP) is 3.29. The lowest BCUT2D eigenvalue weighted by Gasteiger charge is -2.33. The summed E-state index contributed by atoms with van der Waals surface area (Å²) in [7, 11) is 2.14. The number of carbonyl (C=O) groups is 1. The van der Waals surface area contributed by atoms with Crippen molar-refractivity contribution >= 4 is 22.6 Å². The van der Waals surface area contributed by atoms with Gasteiger partial charge in [0.1, 0.15) is 0 Å². The van der Waals surface area contributed by atoms with Crippen LogP contribution < -0.4 is 4.90 Å². The van der Waals surface area contributed by atoms with Crippen molar-refractivity contribution in [1.29, 1.82) is 0 Å². The number of aromatic nitrogens is 1. The zero-order chi connectivity index (χ0) is 17.1. The third-order valence-corrected chi connectivity index (χ3v) is 4.77. The molecule has 0 bridgehead atoms. The highest BCUT2D eigenvalue weighted by atomic mass is 16.5. The van der Waals surface area contributed by atoms with Gasteiger partial charge >= 0.3 is 5.97 Å². The number of ether oxygens (including phenoxy) is 1. The second-order valence-corrected chi connectivity index (χ2v) is 6.18. The molecule has 1 atom stereocenters. The average Bonchev–Trinajstić information content (AvgIpc) is 3.09. The minimum absolute atomic E-state index is 0.321. The maximum Gasteiger partial charge on any atom is 0.339 e. The number of esters is 1. The van der Waals surface area contributed by atoms with Crippen LogP contribution in [0.15, 0.2) is 30.5 Å². The molecule has 5 nitrogen and oxygen atoms in total. The van der Waals surface area contributed by atoms with Crippen molar-refractivity contribution in [3.63, 3.8) is 0 Å². The number of fused-ring (bicyclic) bond motifs is 1. The van der Waals surface area contributed by atoms with E-state index in [-0.39, 0.29) is 5.97 Å². The molecule has 0 spiro atoms. The molecular formula is C19H25N3O2. The standard InChI is InChI=1S/C19H25N3O2/c1-4-22-10-6-7-18(22)21(3)16-8-9-17-14(12-16)11-15(13-20-17)19(23)24-5-2/h8-9,11-13,18H,4-7,10H2,1-3H3. The van der Waals surface area contributed by atoms with E-state index in [0.29, 0.717) is 18.3 Å². The first-order valence-electron chi connectivity index (χ1n) is 8.67. The highest BCUT2D eigenvalue weighted by Gasteiger charge is 2.26. The Morgan fingerprint density at radius 2 is 2.21 bits per heavy atom. The smallest absolute Gasteiger partial charge is 0.339 e. The van der Waals surface area contributed by atoms with E-state index in [9.17, 15) is 4.79 Å². The first-order valence-corrected chi connectivity index (χ1v) is 8.67. The lowest BCUT2D eigenvalue weighted by atomic mass is 10.1. The van der Waals surface area contributed by atoms with Crippen LogP contribution in [0.5, 0.6) is 0 Å². The maximum atomic E-state index is 11.9. The van der Waals surface area contributed by atoms with Crippen molar-refractivity contribution in [2.45, 2.75) is 32.9 Å². The molecule has 1 aromatic carbocycles. The van der Waals surface area contributed by atoms with Gasteiger partial charge in [0.05, 0.1) is 23.9 Å². The number of carbonyl (C=O) groups excluding carboxylic acids is 1. The second-order valence-electron chi connectivity index (χ2n) is 6.18. The van der Waals surface area contributed by atoms with Crippen molar-refractivity contribution in [2.75, 3.05) is 31.6 Å². The summed E-state index contributed by atoms with van der Waals surface area (Å²) in [4.78, 5) is 21.1. The van der Waals surface area contributed by atoms with E-state index in [0.717, 1.165) is 29.7 Å². The molecule has 0 amide bonds. The molecular weight excluding hydrogens is 302 g/mol. The summed E-state index contributed by atoms with van der Waals surface area (Å²) in [5.41, 5.74) is 2.54. The van der Waals surface area contributed by atoms with Crippen LogP contribution in [0.2, 0.25) is 0 Å². The summed E-state index contributed by atoms with van der Waals surface area (Å²) < 4.78 is 5.07. The Morgan fingerprint density at radius 1 is 1.38 bits per heavy atom. The van der Waals surface area contributed by atoms with Crippen molar-refractivity contribution < 1.29 is 9.53 Å². The van der Waals surface area contributed by atoms with E-state index in [4.69, 9.17) is 4.74 Å². The zero-order valence-electron chi connectivity index (χ0n) is 14.7. The van der Waals surface area contributed by atoms with Gasteiger partial charge in [-0.1, -0.05) is 6.92 Å². The largest absolute Gasteiger partial charge is 0.462 e. The normalized spacial score (nSPS) is 18.0. The number of anilines is 1. The maximum absolute atomic E-state index is 11.9. The fourth-order valence-corrected chi connectivity index (χ4v) is 3.45. The molecule has 1 aromatic heterocycles. The van der Waals surface area contributed by atoms with Crippen LogP contribution >= 0.6 is 0 Å². The summed E-state index contributed by atoms with van der Waals surface area (Å²) in [5, 5.41) is 0.964. The molecule has 2 heterocycles. The summed E-state index contributed by atoms with van der Waals surface area (Å²) in [6.07, 6.45) is 4.45. The Labute approximate surface area is 143 Å². The average molecular weight is 327 g/mol. The molecule has 128 valence electrons. The fraction of sp³-hybridized carbons (Fsp3) is 0.474. The van der Waals surface area contributed by atoms with Crippen LogP contribution in [0.25, 0.3) is 10.9 Å². The van der Waals surface area contributed by atoms with Gasteiger partial charge in [0, 0.05) is 30.9 Å². The Balaban J connectivity index is 1.90. The van der Waals surface area contributed by atoms with Crippen LogP contribution in [0.1, 0.15) is 37.0 Å². The van der Waals surface area contributed by atoms with Gasteiger partial charge in [-0.25, -0.2) is 4.79 Å². The second kappa shape index (κ2) is 7.18. The van der Waals surface area contributed by atoms with E-state index in [1.165, 1.54) is 12.8 Å². The highest BCUT2D eigenvalue weighted by molar-refractivity contribution is 5.94. The van der Waals surface area contributed by atoms with Gasteiger partial charge in [-0.2, -0.15) is 0 Å². The van der Waals surface area contributed by atoms with Crippen LogP contribution in [0.4, 0.5) is 5.69 Å². The molecule has 3 rings (SSSR count). The van der Waals surface area contributed by atoms with Crippen LogP contribution in [-0.2, 0) is 4.74 Å². The van der Waals surface area contributed by atoms with Gasteiger partial charge in [0.2, 0.25) is 0 Å². The Morgan fingerprint density at radius 3 is 2.96 bits per heavy atom. The molecule has 1 saturated heterocycles. The molecule has 1 unspecified atom stereocenters. The van der Waals surface area contributed by atoms with Gasteiger partial charge in [-0.05, 0) is 50.6 Å². The highest BCUT2D eigenvalue weighted by Crippen LogP contribution is 2.27. The number of likely N-dealkylation sites (tertiary alicyclic amines) is 1. The van der Waals surface area contributed by atoms with Gasteiger partial charge in [-0.3, -0.25) is 9.88 Å². The van der Waals surface area contributed by atoms with E-state index >= 15 is 0 Å². The lowest BCUT2D eigenvalue weighted by molar-refractivity contribution is 0.0526. The molecule has 0 N–H and O–H groups in total. The number of benzene rings is 1.